The summed E-state index contributed by atoms with van der Waals surface area (Å²) >= 11 is 0. The maximum Gasteiger partial charge on any atom is 0.108 e. The van der Waals surface area contributed by atoms with Crippen LogP contribution < -0.4 is 0 Å². The van der Waals surface area contributed by atoms with E-state index in [2.05, 4.69) is 26.8 Å². The van der Waals surface area contributed by atoms with Gasteiger partial charge < -0.3 is 0 Å². The zero-order valence-electron chi connectivity index (χ0n) is 8.63. The number of hydrogen-bond donors (Lipinski definition) is 0. The van der Waals surface area contributed by atoms with Crippen LogP contribution in [0.25, 0.3) is 0 Å². The van der Waals surface area contributed by atoms with E-state index in [1.54, 1.807) is 0 Å². The first-order chi connectivity index (χ1) is 6.03. The highest BCUT2D eigenvalue weighted by Crippen LogP contribution is 2.22. The van der Waals surface area contributed by atoms with Crippen LogP contribution in [0.2, 0.25) is 0 Å². The summed E-state index contributed by atoms with van der Waals surface area (Å²) in [5, 5.41) is 10.8. The summed E-state index contributed by atoms with van der Waals surface area (Å²) in [5.41, 5.74) is 2.40. The van der Waals surface area contributed by atoms with E-state index < -0.39 is 0 Å². The molecule has 0 heterocycles. The Morgan fingerprint density at radius 3 is 2.08 bits per heavy atom. The van der Waals surface area contributed by atoms with Gasteiger partial charge in [0.05, 0.1) is 0 Å². The molecule has 0 aliphatic heterocycles. The van der Waals surface area contributed by atoms with Crippen molar-refractivity contribution in [2.75, 3.05) is 0 Å². The first-order valence-corrected chi connectivity index (χ1v) is 4.68. The van der Waals surface area contributed by atoms with Crippen LogP contribution in [0.4, 0.5) is 0 Å². The predicted molar refractivity (Wildman–Crippen MR) is 54.0 cm³/mol. The van der Waals surface area contributed by atoms with Gasteiger partial charge in [-0.2, -0.15) is 0 Å². The Bertz CT molecular complexity index is 271. The maximum atomic E-state index is 10.8. The highest BCUT2D eigenvalue weighted by atomic mass is 16.3. The second-order valence-electron chi connectivity index (χ2n) is 4.65. The molecule has 0 fully saturated rings. The topological polar surface area (TPSA) is 19.9 Å². The van der Waals surface area contributed by atoms with Gasteiger partial charge in [-0.3, -0.25) is 0 Å². The highest BCUT2D eigenvalue weighted by Gasteiger charge is 2.13. The third-order valence-corrected chi connectivity index (χ3v) is 1.99. The minimum absolute atomic E-state index is 0.105. The molecule has 71 valence electrons. The van der Waals surface area contributed by atoms with E-state index in [0.29, 0.717) is 0 Å². The second-order valence-corrected chi connectivity index (χ2v) is 4.65. The van der Waals surface area contributed by atoms with Gasteiger partial charge in [-0.1, -0.05) is 45.0 Å². The van der Waals surface area contributed by atoms with E-state index in [1.165, 1.54) is 5.56 Å². The molecule has 0 N–H and O–H groups in total. The molecule has 0 atom stereocenters. The van der Waals surface area contributed by atoms with Crippen molar-refractivity contribution in [3.63, 3.8) is 0 Å². The Morgan fingerprint density at radius 1 is 1.08 bits per heavy atom. The van der Waals surface area contributed by atoms with Crippen molar-refractivity contribution in [3.05, 3.63) is 35.4 Å². The fourth-order valence-electron chi connectivity index (χ4n) is 1.44. The normalized spacial score (nSPS) is 11.7. The van der Waals surface area contributed by atoms with Gasteiger partial charge in [-0.15, -0.1) is 0 Å². The molecule has 0 aliphatic carbocycles. The molecule has 1 aromatic rings. The summed E-state index contributed by atoms with van der Waals surface area (Å²) < 4.78 is 0. The minimum atomic E-state index is -0.105. The third-order valence-electron chi connectivity index (χ3n) is 1.99. The fourth-order valence-corrected chi connectivity index (χ4v) is 1.44. The van der Waals surface area contributed by atoms with E-state index in [-0.39, 0.29) is 12.0 Å². The monoisotopic (exact) mass is 177 g/mol. The molecular weight excluding hydrogens is 160 g/mol. The summed E-state index contributed by atoms with van der Waals surface area (Å²) in [6.07, 6.45) is 0.978. The number of rotatable bonds is 2. The Kier molecular flexibility index (Phi) is 3.10. The lowest BCUT2D eigenvalue weighted by molar-refractivity contribution is 0.176. The van der Waals surface area contributed by atoms with Crippen LogP contribution in [-0.2, 0) is 18.1 Å². The SMILES string of the molecule is CC(C)(C)Cc1ccccc1C[O]. The van der Waals surface area contributed by atoms with Gasteiger partial charge >= 0.3 is 0 Å². The van der Waals surface area contributed by atoms with Crippen molar-refractivity contribution < 1.29 is 5.11 Å². The summed E-state index contributed by atoms with van der Waals surface area (Å²) in [4.78, 5) is 0. The average Bonchev–Trinajstić information content (AvgIpc) is 2.02. The first-order valence-electron chi connectivity index (χ1n) is 4.68. The molecule has 1 nitrogen and oxygen atoms in total. The molecule has 0 saturated carbocycles. The molecular formula is C12H17O. The molecule has 1 heteroatoms. The van der Waals surface area contributed by atoms with Crippen LogP contribution in [0, 0.1) is 5.41 Å². The van der Waals surface area contributed by atoms with Crippen LogP contribution in [0.3, 0.4) is 0 Å². The molecule has 0 saturated heterocycles. The Morgan fingerprint density at radius 2 is 1.62 bits per heavy atom. The van der Waals surface area contributed by atoms with Gasteiger partial charge in [0.1, 0.15) is 6.61 Å². The zero-order valence-corrected chi connectivity index (χ0v) is 8.63. The first kappa shape index (κ1) is 10.3. The van der Waals surface area contributed by atoms with E-state index in [9.17, 15) is 5.11 Å². The van der Waals surface area contributed by atoms with Crippen LogP contribution in [0.1, 0.15) is 31.9 Å². The van der Waals surface area contributed by atoms with E-state index in [0.717, 1.165) is 12.0 Å². The van der Waals surface area contributed by atoms with Crippen LogP contribution in [0.15, 0.2) is 24.3 Å². The van der Waals surface area contributed by atoms with Crippen LogP contribution in [-0.4, -0.2) is 0 Å². The van der Waals surface area contributed by atoms with Crippen LogP contribution >= 0.6 is 0 Å². The van der Waals surface area contributed by atoms with Crippen molar-refractivity contribution in [1.29, 1.82) is 0 Å². The zero-order chi connectivity index (χ0) is 9.90. The molecule has 13 heavy (non-hydrogen) atoms. The smallest absolute Gasteiger partial charge is 0.108 e. The lowest BCUT2D eigenvalue weighted by Crippen LogP contribution is -2.10. The van der Waals surface area contributed by atoms with E-state index in [4.69, 9.17) is 0 Å². The van der Waals surface area contributed by atoms with Gasteiger partial charge in [0.15, 0.2) is 0 Å². The molecule has 0 unspecified atom stereocenters. The third kappa shape index (κ3) is 3.19. The van der Waals surface area contributed by atoms with Gasteiger partial charge in [-0.25, -0.2) is 5.11 Å². The van der Waals surface area contributed by atoms with Gasteiger partial charge in [-0.05, 0) is 23.0 Å². The molecule has 1 radical (unpaired) electrons. The minimum Gasteiger partial charge on any atom is -0.232 e. The summed E-state index contributed by atoms with van der Waals surface area (Å²) in [7, 11) is 0. The lowest BCUT2D eigenvalue weighted by Gasteiger charge is -2.19. The largest absolute Gasteiger partial charge is 0.232 e. The fraction of sp³-hybridized carbons (Fsp3) is 0.500. The molecule has 0 bridgehead atoms. The molecule has 0 amide bonds. The summed E-state index contributed by atoms with van der Waals surface area (Å²) in [5.74, 6) is 0. The van der Waals surface area contributed by atoms with E-state index >= 15 is 0 Å². The van der Waals surface area contributed by atoms with Crippen molar-refractivity contribution in [3.8, 4) is 0 Å². The van der Waals surface area contributed by atoms with Crippen molar-refractivity contribution in [1.82, 2.24) is 0 Å². The number of hydrogen-bond acceptors (Lipinski definition) is 0. The van der Waals surface area contributed by atoms with Gasteiger partial charge in [0.2, 0.25) is 0 Å². The summed E-state index contributed by atoms with van der Waals surface area (Å²) in [6.45, 7) is 6.46. The highest BCUT2D eigenvalue weighted by molar-refractivity contribution is 5.27. The average molecular weight is 177 g/mol. The quantitative estimate of drug-likeness (QED) is 0.661. The standard InChI is InChI=1S/C12H17O/c1-12(2,3)8-10-6-4-5-7-11(10)9-13/h4-7H,8-9H2,1-3H3. The van der Waals surface area contributed by atoms with Crippen molar-refractivity contribution in [2.24, 2.45) is 5.41 Å². The maximum absolute atomic E-state index is 10.8. The van der Waals surface area contributed by atoms with Crippen molar-refractivity contribution >= 4 is 0 Å². The Hall–Kier alpha value is -0.820. The van der Waals surface area contributed by atoms with Crippen molar-refractivity contribution in [2.45, 2.75) is 33.8 Å². The summed E-state index contributed by atoms with van der Waals surface area (Å²) in [6, 6.07) is 7.91. The molecule has 0 aromatic heterocycles. The number of benzene rings is 1. The molecule has 1 rings (SSSR count). The Labute approximate surface area is 80.4 Å². The Balaban J connectivity index is 2.87. The molecule has 0 spiro atoms. The molecule has 0 aliphatic rings. The predicted octanol–water partition coefficient (Wildman–Crippen LogP) is 3.21. The van der Waals surface area contributed by atoms with Crippen LogP contribution in [0.5, 0.6) is 0 Å². The second kappa shape index (κ2) is 3.93. The van der Waals surface area contributed by atoms with E-state index in [1.807, 2.05) is 18.2 Å². The lowest BCUT2D eigenvalue weighted by atomic mass is 9.86. The van der Waals surface area contributed by atoms with Gasteiger partial charge in [0, 0.05) is 0 Å². The van der Waals surface area contributed by atoms with Gasteiger partial charge in [0.25, 0.3) is 0 Å². The molecule has 1 aromatic carbocycles.